The number of hydrogen-bond donors (Lipinski definition) is 2. The molecule has 0 radical (unpaired) electrons. The van der Waals surface area contributed by atoms with Gasteiger partial charge in [0.1, 0.15) is 5.82 Å². The SMILES string of the molecule is CN=C(NCc1ccccc1CN1CCCC1=O)NCC(C)(C)c1ccc(F)cc1Cl.I. The number of rotatable bonds is 7. The number of nitrogens with zero attached hydrogens (tertiary/aromatic N) is 2. The summed E-state index contributed by atoms with van der Waals surface area (Å²) in [7, 11) is 1.72. The molecule has 32 heavy (non-hydrogen) atoms. The molecule has 2 N–H and O–H groups in total. The van der Waals surface area contributed by atoms with Crippen molar-refractivity contribution in [1.82, 2.24) is 15.5 Å². The number of benzene rings is 2. The highest BCUT2D eigenvalue weighted by atomic mass is 127. The smallest absolute Gasteiger partial charge is 0.222 e. The van der Waals surface area contributed by atoms with Gasteiger partial charge in [-0.15, -0.1) is 24.0 Å². The molecule has 0 aromatic heterocycles. The lowest BCUT2D eigenvalue weighted by atomic mass is 9.84. The summed E-state index contributed by atoms with van der Waals surface area (Å²) in [4.78, 5) is 18.2. The average Bonchev–Trinajstić information content (AvgIpc) is 3.13. The van der Waals surface area contributed by atoms with Gasteiger partial charge >= 0.3 is 0 Å². The highest BCUT2D eigenvalue weighted by Crippen LogP contribution is 2.30. The summed E-state index contributed by atoms with van der Waals surface area (Å²) >= 11 is 6.26. The van der Waals surface area contributed by atoms with Crippen molar-refractivity contribution in [3.8, 4) is 0 Å². The van der Waals surface area contributed by atoms with E-state index in [-0.39, 0.29) is 41.1 Å². The zero-order valence-corrected chi connectivity index (χ0v) is 21.8. The molecule has 8 heteroatoms. The summed E-state index contributed by atoms with van der Waals surface area (Å²) in [5.74, 6) is 0.546. The largest absolute Gasteiger partial charge is 0.356 e. The molecular weight excluding hydrogens is 542 g/mol. The normalized spacial score (nSPS) is 14.3. The molecule has 1 heterocycles. The Morgan fingerprint density at radius 1 is 1.19 bits per heavy atom. The predicted molar refractivity (Wildman–Crippen MR) is 139 cm³/mol. The Morgan fingerprint density at radius 3 is 2.53 bits per heavy atom. The first-order valence-electron chi connectivity index (χ1n) is 10.5. The number of guanidine groups is 1. The number of likely N-dealkylation sites (tertiary alicyclic amines) is 1. The van der Waals surface area contributed by atoms with Gasteiger partial charge < -0.3 is 15.5 Å². The molecule has 0 bridgehead atoms. The summed E-state index contributed by atoms with van der Waals surface area (Å²) in [6.07, 6.45) is 1.58. The van der Waals surface area contributed by atoms with Crippen LogP contribution < -0.4 is 10.6 Å². The van der Waals surface area contributed by atoms with Gasteiger partial charge in [-0.25, -0.2) is 4.39 Å². The second kappa shape index (κ2) is 11.8. The fourth-order valence-electron chi connectivity index (χ4n) is 3.80. The standard InChI is InChI=1S/C24H30ClFN4O.HI/c1-24(2,20-11-10-19(26)13-21(20)25)16-29-23(27-3)28-14-17-7-4-5-8-18(17)15-30-12-6-9-22(30)31;/h4-5,7-8,10-11,13H,6,9,12,14-16H2,1-3H3,(H2,27,28,29);1H. The molecule has 1 fully saturated rings. The van der Waals surface area contributed by atoms with Gasteiger partial charge in [0.25, 0.3) is 0 Å². The third-order valence-electron chi connectivity index (χ3n) is 5.68. The molecular formula is C24H31ClFIN4O. The molecule has 1 aliphatic heterocycles. The average molecular weight is 573 g/mol. The molecule has 0 spiro atoms. The topological polar surface area (TPSA) is 56.7 Å². The highest BCUT2D eigenvalue weighted by Gasteiger charge is 2.24. The molecule has 1 saturated heterocycles. The van der Waals surface area contributed by atoms with Crippen molar-refractivity contribution in [3.05, 3.63) is 70.0 Å². The van der Waals surface area contributed by atoms with Crippen molar-refractivity contribution in [2.75, 3.05) is 20.1 Å². The fraction of sp³-hybridized carbons (Fsp3) is 0.417. The zero-order chi connectivity index (χ0) is 22.4. The number of carbonyl (C=O) groups excluding carboxylic acids is 1. The van der Waals surface area contributed by atoms with Gasteiger partial charge in [0.2, 0.25) is 5.91 Å². The van der Waals surface area contributed by atoms with Crippen LogP contribution in [0.5, 0.6) is 0 Å². The van der Waals surface area contributed by atoms with E-state index in [1.807, 2.05) is 17.0 Å². The van der Waals surface area contributed by atoms with Crippen LogP contribution >= 0.6 is 35.6 Å². The van der Waals surface area contributed by atoms with E-state index in [9.17, 15) is 9.18 Å². The van der Waals surface area contributed by atoms with Crippen LogP contribution in [0.3, 0.4) is 0 Å². The van der Waals surface area contributed by atoms with Gasteiger partial charge in [0.05, 0.1) is 0 Å². The lowest BCUT2D eigenvalue weighted by Gasteiger charge is -2.28. The number of aliphatic imine (C=N–C) groups is 1. The third-order valence-corrected chi connectivity index (χ3v) is 5.99. The molecule has 1 amide bonds. The van der Waals surface area contributed by atoms with E-state index in [4.69, 9.17) is 11.6 Å². The van der Waals surface area contributed by atoms with Crippen LogP contribution in [-0.2, 0) is 23.3 Å². The lowest BCUT2D eigenvalue weighted by molar-refractivity contribution is -0.128. The molecule has 2 aromatic rings. The Hall–Kier alpha value is -1.87. The minimum absolute atomic E-state index is 0. The van der Waals surface area contributed by atoms with E-state index < -0.39 is 0 Å². The van der Waals surface area contributed by atoms with E-state index in [1.54, 1.807) is 13.1 Å². The molecule has 1 aliphatic rings. The van der Waals surface area contributed by atoms with E-state index >= 15 is 0 Å². The van der Waals surface area contributed by atoms with Crippen LogP contribution in [0.25, 0.3) is 0 Å². The minimum atomic E-state index is -0.343. The van der Waals surface area contributed by atoms with Crippen molar-refractivity contribution in [2.24, 2.45) is 4.99 Å². The van der Waals surface area contributed by atoms with Crippen molar-refractivity contribution in [2.45, 2.75) is 45.2 Å². The molecule has 0 unspecified atom stereocenters. The molecule has 2 aromatic carbocycles. The second-order valence-electron chi connectivity index (χ2n) is 8.47. The van der Waals surface area contributed by atoms with Crippen LogP contribution in [0.4, 0.5) is 4.39 Å². The molecule has 0 aliphatic carbocycles. The Morgan fingerprint density at radius 2 is 1.91 bits per heavy atom. The Labute approximate surface area is 211 Å². The Balaban J connectivity index is 0.00000363. The van der Waals surface area contributed by atoms with Gasteiger partial charge in [-0.05, 0) is 35.2 Å². The maximum Gasteiger partial charge on any atom is 0.222 e. The van der Waals surface area contributed by atoms with Gasteiger partial charge in [0, 0.05) is 50.1 Å². The number of halogens is 3. The quantitative estimate of drug-likeness (QED) is 0.283. The monoisotopic (exact) mass is 572 g/mol. The maximum absolute atomic E-state index is 13.4. The maximum atomic E-state index is 13.4. The first-order chi connectivity index (χ1) is 14.8. The van der Waals surface area contributed by atoms with E-state index in [0.29, 0.717) is 37.0 Å². The van der Waals surface area contributed by atoms with Crippen molar-refractivity contribution >= 4 is 47.4 Å². The van der Waals surface area contributed by atoms with Crippen LogP contribution in [-0.4, -0.2) is 36.9 Å². The number of amides is 1. The van der Waals surface area contributed by atoms with E-state index in [2.05, 4.69) is 41.6 Å². The molecule has 174 valence electrons. The van der Waals surface area contributed by atoms with Gasteiger partial charge in [-0.2, -0.15) is 0 Å². The zero-order valence-electron chi connectivity index (χ0n) is 18.8. The summed E-state index contributed by atoms with van der Waals surface area (Å²) in [5, 5.41) is 7.11. The highest BCUT2D eigenvalue weighted by molar-refractivity contribution is 14.0. The first kappa shape index (κ1) is 26.4. The molecule has 5 nitrogen and oxygen atoms in total. The van der Waals surface area contributed by atoms with Crippen LogP contribution in [0, 0.1) is 5.82 Å². The van der Waals surface area contributed by atoms with Gasteiger partial charge in [0.15, 0.2) is 5.96 Å². The summed E-state index contributed by atoms with van der Waals surface area (Å²) in [6.45, 7) is 6.73. The molecule has 3 rings (SSSR count). The van der Waals surface area contributed by atoms with Crippen molar-refractivity contribution < 1.29 is 9.18 Å². The minimum Gasteiger partial charge on any atom is -0.356 e. The van der Waals surface area contributed by atoms with Gasteiger partial charge in [-0.3, -0.25) is 9.79 Å². The second-order valence-corrected chi connectivity index (χ2v) is 8.88. The molecule has 0 saturated carbocycles. The third kappa shape index (κ3) is 6.81. The summed E-state index contributed by atoms with van der Waals surface area (Å²) < 4.78 is 13.4. The summed E-state index contributed by atoms with van der Waals surface area (Å²) in [6, 6.07) is 12.6. The molecule has 0 atom stereocenters. The summed E-state index contributed by atoms with van der Waals surface area (Å²) in [5.41, 5.74) is 2.82. The Bertz CT molecular complexity index is 967. The number of nitrogens with one attached hydrogen (secondary N) is 2. The predicted octanol–water partition coefficient (Wildman–Crippen LogP) is 4.86. The lowest BCUT2D eigenvalue weighted by Crippen LogP contribution is -2.43. The Kier molecular flexibility index (Phi) is 9.76. The van der Waals surface area contributed by atoms with Crippen LogP contribution in [0.1, 0.15) is 43.4 Å². The fourth-order valence-corrected chi connectivity index (χ4v) is 4.22. The number of hydrogen-bond acceptors (Lipinski definition) is 2. The number of carbonyl (C=O) groups is 1. The van der Waals surface area contributed by atoms with Gasteiger partial charge in [-0.1, -0.05) is 55.8 Å². The van der Waals surface area contributed by atoms with Crippen molar-refractivity contribution in [1.29, 1.82) is 0 Å². The van der Waals surface area contributed by atoms with E-state index in [0.717, 1.165) is 29.7 Å². The van der Waals surface area contributed by atoms with E-state index in [1.165, 1.54) is 12.1 Å². The first-order valence-corrected chi connectivity index (χ1v) is 10.9. The van der Waals surface area contributed by atoms with Crippen LogP contribution in [0.15, 0.2) is 47.5 Å². The van der Waals surface area contributed by atoms with Crippen LogP contribution in [0.2, 0.25) is 5.02 Å². The van der Waals surface area contributed by atoms with Crippen molar-refractivity contribution in [3.63, 3.8) is 0 Å².